The minimum absolute atomic E-state index is 0.326. The number of carbonyl (C=O) groups excluding carboxylic acids is 1. The molecule has 0 radical (unpaired) electrons. The third-order valence-corrected chi connectivity index (χ3v) is 2.11. The highest BCUT2D eigenvalue weighted by atomic mass is 32.1. The van der Waals surface area contributed by atoms with Crippen molar-refractivity contribution < 1.29 is 4.79 Å². The average Bonchev–Trinajstić information content (AvgIpc) is 2.16. The monoisotopic (exact) mass is 211 g/mol. The largest absolute Gasteiger partial charge is 0.363 e. The molecule has 0 N–H and O–H groups in total. The molecule has 1 heterocycles. The second-order valence-corrected chi connectivity index (χ2v) is 3.47. The summed E-state index contributed by atoms with van der Waals surface area (Å²) < 4.78 is 0. The van der Waals surface area contributed by atoms with Crippen molar-refractivity contribution in [3.8, 4) is 0 Å². The maximum absolute atomic E-state index is 11.0. The first-order chi connectivity index (χ1) is 6.52. The van der Waals surface area contributed by atoms with Crippen molar-refractivity contribution in [1.82, 2.24) is 4.98 Å². The van der Waals surface area contributed by atoms with Crippen LogP contribution in [0.15, 0.2) is 18.2 Å². The predicted molar refractivity (Wildman–Crippen MR) is 61.3 cm³/mol. The highest BCUT2D eigenvalue weighted by Crippen LogP contribution is 2.15. The Labute approximate surface area is 88.9 Å². The average molecular weight is 211 g/mol. The Balaban J connectivity index is 2.99. The number of anilines is 2. The molecule has 0 aliphatic heterocycles. The lowest BCUT2D eigenvalue weighted by molar-refractivity contribution is 0.266. The van der Waals surface area contributed by atoms with Crippen molar-refractivity contribution in [2.45, 2.75) is 0 Å². The summed E-state index contributed by atoms with van der Waals surface area (Å²) in [6, 6.07) is 5.49. The summed E-state index contributed by atoms with van der Waals surface area (Å²) in [5.41, 5.74) is 0. The molecule has 0 aliphatic carbocycles. The number of aromatic nitrogens is 1. The molecule has 14 heavy (non-hydrogen) atoms. The van der Waals surface area contributed by atoms with E-state index < -0.39 is 0 Å². The molecule has 0 spiro atoms. The first-order valence-electron chi connectivity index (χ1n) is 4.13. The standard InChI is InChI=1S/C9H13N3OS/c1-11(2)7-5-4-6-8(10-7)12(3)9(13)14/h4-6H,1-3H3,(H,13,14). The van der Waals surface area contributed by atoms with Crippen LogP contribution in [0, 0.1) is 0 Å². The molecular weight excluding hydrogens is 198 g/mol. The number of rotatable bonds is 2. The molecule has 4 nitrogen and oxygen atoms in total. The van der Waals surface area contributed by atoms with Gasteiger partial charge in [-0.3, -0.25) is 9.69 Å². The van der Waals surface area contributed by atoms with Crippen molar-refractivity contribution in [2.75, 3.05) is 30.9 Å². The summed E-state index contributed by atoms with van der Waals surface area (Å²) in [5.74, 6) is 1.40. The SMILES string of the molecule is CN(C)c1cccc(N(C)C(=O)S)n1. The van der Waals surface area contributed by atoms with Gasteiger partial charge in [0, 0.05) is 21.1 Å². The Morgan fingerprint density at radius 2 is 1.86 bits per heavy atom. The third-order valence-electron chi connectivity index (χ3n) is 1.81. The molecule has 1 aromatic heterocycles. The van der Waals surface area contributed by atoms with E-state index in [2.05, 4.69) is 17.6 Å². The lowest BCUT2D eigenvalue weighted by Gasteiger charge is -2.16. The van der Waals surface area contributed by atoms with Gasteiger partial charge >= 0.3 is 0 Å². The number of hydrogen-bond donors (Lipinski definition) is 1. The molecule has 0 unspecified atom stereocenters. The highest BCUT2D eigenvalue weighted by Gasteiger charge is 2.08. The van der Waals surface area contributed by atoms with Crippen molar-refractivity contribution in [3.05, 3.63) is 18.2 Å². The van der Waals surface area contributed by atoms with E-state index in [9.17, 15) is 4.79 Å². The van der Waals surface area contributed by atoms with Gasteiger partial charge in [-0.15, -0.1) is 0 Å². The van der Waals surface area contributed by atoms with Crippen molar-refractivity contribution >= 4 is 29.5 Å². The lowest BCUT2D eigenvalue weighted by atomic mass is 10.4. The fourth-order valence-electron chi connectivity index (χ4n) is 0.946. The maximum Gasteiger partial charge on any atom is 0.283 e. The quantitative estimate of drug-likeness (QED) is 0.755. The second-order valence-electron chi connectivity index (χ2n) is 3.09. The van der Waals surface area contributed by atoms with Gasteiger partial charge in [0.25, 0.3) is 5.24 Å². The zero-order chi connectivity index (χ0) is 10.7. The van der Waals surface area contributed by atoms with E-state index in [4.69, 9.17) is 0 Å². The van der Waals surface area contributed by atoms with Gasteiger partial charge in [-0.25, -0.2) is 4.98 Å². The van der Waals surface area contributed by atoms with Gasteiger partial charge in [0.2, 0.25) is 0 Å². The minimum atomic E-state index is -0.326. The van der Waals surface area contributed by atoms with Gasteiger partial charge in [-0.05, 0) is 12.1 Å². The van der Waals surface area contributed by atoms with Crippen LogP contribution in [0.4, 0.5) is 16.4 Å². The van der Waals surface area contributed by atoms with E-state index in [-0.39, 0.29) is 5.24 Å². The fraction of sp³-hybridized carbons (Fsp3) is 0.333. The first-order valence-corrected chi connectivity index (χ1v) is 4.58. The van der Waals surface area contributed by atoms with Crippen LogP contribution in [-0.2, 0) is 0 Å². The van der Waals surface area contributed by atoms with Crippen LogP contribution < -0.4 is 9.80 Å². The van der Waals surface area contributed by atoms with Crippen LogP contribution in [0.3, 0.4) is 0 Å². The number of nitrogens with zero attached hydrogens (tertiary/aromatic N) is 3. The summed E-state index contributed by atoms with van der Waals surface area (Å²) in [6.07, 6.45) is 0. The van der Waals surface area contributed by atoms with Gasteiger partial charge < -0.3 is 4.90 Å². The van der Waals surface area contributed by atoms with E-state index >= 15 is 0 Å². The number of pyridine rings is 1. The maximum atomic E-state index is 11.0. The molecule has 0 bridgehead atoms. The molecular formula is C9H13N3OS. The zero-order valence-corrected chi connectivity index (χ0v) is 9.32. The van der Waals surface area contributed by atoms with Crippen molar-refractivity contribution in [2.24, 2.45) is 0 Å². The summed E-state index contributed by atoms with van der Waals surface area (Å²) >= 11 is 3.72. The molecule has 1 amide bonds. The molecule has 0 aliphatic rings. The van der Waals surface area contributed by atoms with Crippen molar-refractivity contribution in [3.63, 3.8) is 0 Å². The highest BCUT2D eigenvalue weighted by molar-refractivity contribution is 7.96. The number of hydrogen-bond acceptors (Lipinski definition) is 3. The lowest BCUT2D eigenvalue weighted by Crippen LogP contribution is -2.22. The summed E-state index contributed by atoms with van der Waals surface area (Å²) in [4.78, 5) is 18.5. The normalized spacial score (nSPS) is 9.71. The Hall–Kier alpha value is -1.23. The third kappa shape index (κ3) is 2.38. The van der Waals surface area contributed by atoms with Crippen molar-refractivity contribution in [1.29, 1.82) is 0 Å². The molecule has 1 rings (SSSR count). The van der Waals surface area contributed by atoms with E-state index in [1.165, 1.54) is 4.90 Å². The Morgan fingerprint density at radius 3 is 2.36 bits per heavy atom. The summed E-state index contributed by atoms with van der Waals surface area (Å²) in [7, 11) is 5.43. The molecule has 0 atom stereocenters. The number of carbonyl (C=O) groups is 1. The van der Waals surface area contributed by atoms with E-state index in [0.717, 1.165) is 5.82 Å². The Morgan fingerprint density at radius 1 is 1.29 bits per heavy atom. The van der Waals surface area contributed by atoms with E-state index in [1.54, 1.807) is 13.1 Å². The predicted octanol–water partition coefficient (Wildman–Crippen LogP) is 1.63. The number of thiol groups is 1. The Kier molecular flexibility index (Phi) is 3.35. The van der Waals surface area contributed by atoms with Gasteiger partial charge in [0.05, 0.1) is 0 Å². The van der Waals surface area contributed by atoms with Crippen LogP contribution in [-0.4, -0.2) is 31.4 Å². The van der Waals surface area contributed by atoms with Crippen LogP contribution in [0.5, 0.6) is 0 Å². The van der Waals surface area contributed by atoms with Crippen LogP contribution in [0.2, 0.25) is 0 Å². The molecule has 0 aromatic carbocycles. The molecule has 0 saturated heterocycles. The molecule has 1 aromatic rings. The van der Waals surface area contributed by atoms with Crippen LogP contribution >= 0.6 is 12.6 Å². The fourth-order valence-corrected chi connectivity index (χ4v) is 1.05. The zero-order valence-electron chi connectivity index (χ0n) is 8.43. The second kappa shape index (κ2) is 4.32. The molecule has 5 heteroatoms. The summed E-state index contributed by atoms with van der Waals surface area (Å²) in [6.45, 7) is 0. The van der Waals surface area contributed by atoms with E-state index in [1.807, 2.05) is 31.1 Å². The van der Waals surface area contributed by atoms with Crippen LogP contribution in [0.1, 0.15) is 0 Å². The minimum Gasteiger partial charge on any atom is -0.363 e. The Bertz CT molecular complexity index is 341. The van der Waals surface area contributed by atoms with E-state index in [0.29, 0.717) is 5.82 Å². The molecule has 0 saturated carbocycles. The van der Waals surface area contributed by atoms with Gasteiger partial charge in [0.15, 0.2) is 0 Å². The number of amides is 1. The smallest absolute Gasteiger partial charge is 0.283 e. The van der Waals surface area contributed by atoms with Gasteiger partial charge in [-0.1, -0.05) is 18.7 Å². The molecule has 76 valence electrons. The molecule has 0 fully saturated rings. The first kappa shape index (κ1) is 10.8. The topological polar surface area (TPSA) is 36.4 Å². The van der Waals surface area contributed by atoms with Gasteiger partial charge in [-0.2, -0.15) is 0 Å². The van der Waals surface area contributed by atoms with Crippen LogP contribution in [0.25, 0.3) is 0 Å². The van der Waals surface area contributed by atoms with Gasteiger partial charge in [0.1, 0.15) is 11.6 Å². The summed E-state index contributed by atoms with van der Waals surface area (Å²) in [5, 5.41) is -0.326.